The number of amides is 1. The number of ether oxygens (including phenoxy) is 2. The van der Waals surface area contributed by atoms with Crippen molar-refractivity contribution < 1.29 is 19.4 Å². The van der Waals surface area contributed by atoms with Crippen LogP contribution < -0.4 is 11.1 Å². The molecule has 8 heteroatoms. The highest BCUT2D eigenvalue weighted by atomic mass is 16.6. The maximum atomic E-state index is 12.1. The van der Waals surface area contributed by atoms with E-state index in [0.29, 0.717) is 12.1 Å². The smallest absolute Gasteiger partial charge is 0.407 e. The first-order valence-corrected chi connectivity index (χ1v) is 8.06. The van der Waals surface area contributed by atoms with Gasteiger partial charge in [0.15, 0.2) is 0 Å². The molecule has 0 radical (unpaired) electrons. The third-order valence-corrected chi connectivity index (χ3v) is 4.36. The number of nitrogen functional groups attached to an aromatic ring is 1. The number of carbonyl (C=O) groups excluding carboxylic acids is 1. The number of aryl methyl sites for hydroxylation is 1. The van der Waals surface area contributed by atoms with Gasteiger partial charge in [-0.2, -0.15) is 5.10 Å². The molecule has 1 amide bonds. The molecule has 0 aromatic carbocycles. The minimum Gasteiger partial charge on any atom is -0.444 e. The van der Waals surface area contributed by atoms with Gasteiger partial charge in [0.1, 0.15) is 17.3 Å². The third kappa shape index (κ3) is 3.81. The van der Waals surface area contributed by atoms with E-state index in [1.54, 1.807) is 52.5 Å². The van der Waals surface area contributed by atoms with Crippen molar-refractivity contribution in [3.8, 4) is 0 Å². The first-order chi connectivity index (χ1) is 10.9. The van der Waals surface area contributed by atoms with Crippen molar-refractivity contribution in [2.45, 2.75) is 70.5 Å². The second-order valence-corrected chi connectivity index (χ2v) is 7.54. The Bertz CT molecular complexity index is 586. The van der Waals surface area contributed by atoms with Crippen LogP contribution in [0.15, 0.2) is 6.20 Å². The van der Waals surface area contributed by atoms with Crippen LogP contribution in [0.5, 0.6) is 0 Å². The van der Waals surface area contributed by atoms with Crippen molar-refractivity contribution in [2.24, 2.45) is 7.05 Å². The van der Waals surface area contributed by atoms with Crippen LogP contribution in [-0.2, 0) is 16.5 Å². The van der Waals surface area contributed by atoms with E-state index < -0.39 is 29.4 Å². The molecule has 1 aliphatic heterocycles. The van der Waals surface area contributed by atoms with Gasteiger partial charge < -0.3 is 25.6 Å². The number of hydrogen-bond acceptors (Lipinski definition) is 6. The van der Waals surface area contributed by atoms with Gasteiger partial charge in [0, 0.05) is 13.5 Å². The zero-order chi connectivity index (χ0) is 18.3. The standard InChI is InChI=1S/C16H28N4O4/c1-9-16(5,22)12(19-14(21)24-15(2,3)4)7-11(23-9)13-10(17)8-18-20(13)6/h8-9,11-12,22H,7,17H2,1-6H3,(H,19,21)/t9-,11-,12-,16-/m1/s1. The molecular formula is C16H28N4O4. The molecule has 0 spiro atoms. The predicted octanol–water partition coefficient (Wildman–Crippen LogP) is 1.50. The van der Waals surface area contributed by atoms with Crippen molar-refractivity contribution in [3.05, 3.63) is 11.9 Å². The SMILES string of the molecule is C[C@H]1O[C@@H](c2c(N)cnn2C)C[C@@H](NC(=O)OC(C)(C)C)[C@]1(C)O. The van der Waals surface area contributed by atoms with E-state index in [2.05, 4.69) is 10.4 Å². The highest BCUT2D eigenvalue weighted by Gasteiger charge is 2.47. The molecule has 0 bridgehead atoms. The third-order valence-electron chi connectivity index (χ3n) is 4.36. The molecule has 1 aliphatic rings. The van der Waals surface area contributed by atoms with E-state index in [0.717, 1.165) is 5.69 Å². The molecule has 0 aliphatic carbocycles. The quantitative estimate of drug-likeness (QED) is 0.752. The van der Waals surface area contributed by atoms with E-state index in [4.69, 9.17) is 15.2 Å². The fourth-order valence-electron chi connectivity index (χ4n) is 2.86. The average Bonchev–Trinajstić information content (AvgIpc) is 2.72. The number of nitrogens with zero attached hydrogens (tertiary/aromatic N) is 2. The summed E-state index contributed by atoms with van der Waals surface area (Å²) in [6.07, 6.45) is 0.462. The van der Waals surface area contributed by atoms with E-state index in [-0.39, 0.29) is 6.10 Å². The van der Waals surface area contributed by atoms with Gasteiger partial charge in [-0.25, -0.2) is 4.79 Å². The molecule has 0 unspecified atom stereocenters. The Hall–Kier alpha value is -1.80. The number of hydrogen-bond donors (Lipinski definition) is 3. The summed E-state index contributed by atoms with van der Waals surface area (Å²) in [6.45, 7) is 8.77. The van der Waals surface area contributed by atoms with Crippen molar-refractivity contribution >= 4 is 11.8 Å². The summed E-state index contributed by atoms with van der Waals surface area (Å²) >= 11 is 0. The lowest BCUT2D eigenvalue weighted by Gasteiger charge is -2.45. The van der Waals surface area contributed by atoms with Gasteiger partial charge in [-0.05, 0) is 34.6 Å². The molecule has 8 nitrogen and oxygen atoms in total. The van der Waals surface area contributed by atoms with Crippen LogP contribution in [0, 0.1) is 0 Å². The highest BCUT2D eigenvalue weighted by Crippen LogP contribution is 2.38. The molecule has 4 atom stereocenters. The number of rotatable bonds is 2. The first kappa shape index (κ1) is 18.5. The Morgan fingerprint density at radius 3 is 2.71 bits per heavy atom. The normalized spacial score (nSPS) is 30.9. The Kier molecular flexibility index (Phi) is 4.83. The summed E-state index contributed by atoms with van der Waals surface area (Å²) in [5.74, 6) is 0. The molecule has 2 heterocycles. The number of anilines is 1. The maximum absolute atomic E-state index is 12.1. The van der Waals surface area contributed by atoms with Crippen LogP contribution in [0.2, 0.25) is 0 Å². The van der Waals surface area contributed by atoms with Crippen molar-refractivity contribution in [2.75, 3.05) is 5.73 Å². The fourth-order valence-corrected chi connectivity index (χ4v) is 2.86. The van der Waals surface area contributed by atoms with Gasteiger partial charge in [-0.1, -0.05) is 0 Å². The van der Waals surface area contributed by atoms with Gasteiger partial charge in [0.2, 0.25) is 0 Å². The number of aliphatic hydroxyl groups is 1. The summed E-state index contributed by atoms with van der Waals surface area (Å²) < 4.78 is 12.9. The second-order valence-electron chi connectivity index (χ2n) is 7.54. The summed E-state index contributed by atoms with van der Waals surface area (Å²) in [4.78, 5) is 12.1. The van der Waals surface area contributed by atoms with E-state index in [1.807, 2.05) is 0 Å². The Balaban J connectivity index is 2.20. The van der Waals surface area contributed by atoms with Crippen molar-refractivity contribution in [3.63, 3.8) is 0 Å². The molecule has 0 saturated carbocycles. The summed E-state index contributed by atoms with van der Waals surface area (Å²) in [6, 6.07) is -0.546. The van der Waals surface area contributed by atoms with E-state index in [9.17, 15) is 9.90 Å². The minimum absolute atomic E-state index is 0.361. The highest BCUT2D eigenvalue weighted by molar-refractivity contribution is 5.68. The molecule has 2 rings (SSSR count). The molecule has 4 N–H and O–H groups in total. The second kappa shape index (κ2) is 6.25. The van der Waals surface area contributed by atoms with Gasteiger partial charge in [-0.15, -0.1) is 0 Å². The van der Waals surface area contributed by atoms with E-state index in [1.165, 1.54) is 0 Å². The Morgan fingerprint density at radius 1 is 1.58 bits per heavy atom. The Labute approximate surface area is 142 Å². The summed E-state index contributed by atoms with van der Waals surface area (Å²) in [5.41, 5.74) is 5.38. The monoisotopic (exact) mass is 340 g/mol. The molecule has 1 saturated heterocycles. The number of aromatic nitrogens is 2. The van der Waals surface area contributed by atoms with Gasteiger partial charge in [0.05, 0.1) is 29.7 Å². The van der Waals surface area contributed by atoms with E-state index >= 15 is 0 Å². The summed E-state index contributed by atoms with van der Waals surface area (Å²) in [7, 11) is 1.78. The number of carbonyl (C=O) groups is 1. The molecule has 24 heavy (non-hydrogen) atoms. The molecular weight excluding hydrogens is 312 g/mol. The lowest BCUT2D eigenvalue weighted by atomic mass is 9.83. The largest absolute Gasteiger partial charge is 0.444 e. The summed E-state index contributed by atoms with van der Waals surface area (Å²) in [5, 5.41) is 17.6. The van der Waals surface area contributed by atoms with Gasteiger partial charge in [0.25, 0.3) is 0 Å². The van der Waals surface area contributed by atoms with Crippen LogP contribution in [0.25, 0.3) is 0 Å². The minimum atomic E-state index is -1.24. The maximum Gasteiger partial charge on any atom is 0.407 e. The zero-order valence-corrected chi connectivity index (χ0v) is 15.2. The average molecular weight is 340 g/mol. The van der Waals surface area contributed by atoms with Crippen LogP contribution in [0.4, 0.5) is 10.5 Å². The molecule has 136 valence electrons. The van der Waals surface area contributed by atoms with Crippen LogP contribution in [0.1, 0.15) is 52.8 Å². The van der Waals surface area contributed by atoms with Crippen LogP contribution in [0.3, 0.4) is 0 Å². The Morgan fingerprint density at radius 2 is 2.21 bits per heavy atom. The number of nitrogens with one attached hydrogen (secondary N) is 1. The predicted molar refractivity (Wildman–Crippen MR) is 89.3 cm³/mol. The number of alkyl carbamates (subject to hydrolysis) is 1. The zero-order valence-electron chi connectivity index (χ0n) is 15.2. The fraction of sp³-hybridized carbons (Fsp3) is 0.750. The lowest BCUT2D eigenvalue weighted by molar-refractivity contribution is -0.178. The first-order valence-electron chi connectivity index (χ1n) is 8.06. The molecule has 1 aromatic heterocycles. The molecule has 1 fully saturated rings. The topological polar surface area (TPSA) is 112 Å². The van der Waals surface area contributed by atoms with Crippen LogP contribution >= 0.6 is 0 Å². The van der Waals surface area contributed by atoms with Crippen molar-refractivity contribution in [1.29, 1.82) is 0 Å². The van der Waals surface area contributed by atoms with Crippen molar-refractivity contribution in [1.82, 2.24) is 15.1 Å². The lowest BCUT2D eigenvalue weighted by Crippen LogP contribution is -2.61. The molecule has 1 aromatic rings. The van der Waals surface area contributed by atoms with Gasteiger partial charge in [-0.3, -0.25) is 4.68 Å². The van der Waals surface area contributed by atoms with Gasteiger partial charge >= 0.3 is 6.09 Å². The van der Waals surface area contributed by atoms with Crippen LogP contribution in [-0.4, -0.2) is 44.3 Å². The number of nitrogens with two attached hydrogens (primary N) is 1.